The van der Waals surface area contributed by atoms with Gasteiger partial charge in [0, 0.05) is 0 Å². The smallest absolute Gasteiger partial charge is 0.335 e. The molecule has 0 unspecified atom stereocenters. The van der Waals surface area contributed by atoms with E-state index in [4.69, 9.17) is 10.8 Å². The van der Waals surface area contributed by atoms with Crippen LogP contribution in [0.3, 0.4) is 0 Å². The lowest BCUT2D eigenvalue weighted by Crippen LogP contribution is -2.16. The highest BCUT2D eigenvalue weighted by atomic mass is 16.4. The number of amides is 1. The van der Waals surface area contributed by atoms with Gasteiger partial charge in [-0.05, 0) is 11.6 Å². The first-order valence-corrected chi connectivity index (χ1v) is 3.70. The Balaban J connectivity index is 3.04. The molecule has 1 aromatic carbocycles. The van der Waals surface area contributed by atoms with Crippen molar-refractivity contribution >= 4 is 11.9 Å². The van der Waals surface area contributed by atoms with Crippen LogP contribution in [0.2, 0.25) is 0 Å². The van der Waals surface area contributed by atoms with Gasteiger partial charge in [0.05, 0.1) is 12.0 Å². The van der Waals surface area contributed by atoms with Crippen molar-refractivity contribution in [1.29, 1.82) is 0 Å². The van der Waals surface area contributed by atoms with Crippen molar-refractivity contribution in [3.8, 4) is 0 Å². The molecule has 4 heteroatoms. The monoisotopic (exact) mass is 179 g/mol. The molecule has 1 amide bonds. The molecular formula is C9H9NO3. The molecule has 0 saturated carbocycles. The van der Waals surface area contributed by atoms with Crippen LogP contribution in [0.25, 0.3) is 0 Å². The second kappa shape index (κ2) is 3.71. The highest BCUT2D eigenvalue weighted by Gasteiger charge is 2.09. The molecule has 0 bridgehead atoms. The van der Waals surface area contributed by atoms with Gasteiger partial charge in [0.1, 0.15) is 0 Å². The number of aromatic carboxylic acids is 1. The van der Waals surface area contributed by atoms with Crippen molar-refractivity contribution in [3.05, 3.63) is 35.4 Å². The van der Waals surface area contributed by atoms with Gasteiger partial charge in [-0.15, -0.1) is 0 Å². The van der Waals surface area contributed by atoms with Gasteiger partial charge in [-0.3, -0.25) is 4.79 Å². The van der Waals surface area contributed by atoms with Crippen LogP contribution >= 0.6 is 0 Å². The Kier molecular flexibility index (Phi) is 2.64. The van der Waals surface area contributed by atoms with E-state index in [1.165, 1.54) is 6.07 Å². The summed E-state index contributed by atoms with van der Waals surface area (Å²) >= 11 is 0. The van der Waals surface area contributed by atoms with Gasteiger partial charge in [0.25, 0.3) is 0 Å². The number of carbonyl (C=O) groups excluding carboxylic acids is 1. The van der Waals surface area contributed by atoms with Gasteiger partial charge >= 0.3 is 5.97 Å². The molecule has 0 saturated heterocycles. The van der Waals surface area contributed by atoms with Crippen molar-refractivity contribution in [3.63, 3.8) is 0 Å². The Bertz CT molecular complexity index is 346. The van der Waals surface area contributed by atoms with Crippen molar-refractivity contribution in [1.82, 2.24) is 0 Å². The normalized spacial score (nSPS) is 9.54. The highest BCUT2D eigenvalue weighted by molar-refractivity contribution is 5.91. The van der Waals surface area contributed by atoms with Gasteiger partial charge in [-0.1, -0.05) is 18.2 Å². The fourth-order valence-electron chi connectivity index (χ4n) is 1.07. The minimum atomic E-state index is -1.04. The van der Waals surface area contributed by atoms with Gasteiger partial charge < -0.3 is 10.8 Å². The van der Waals surface area contributed by atoms with Crippen LogP contribution in [0.4, 0.5) is 0 Å². The van der Waals surface area contributed by atoms with E-state index >= 15 is 0 Å². The average molecular weight is 179 g/mol. The van der Waals surface area contributed by atoms with Crippen LogP contribution in [0, 0.1) is 0 Å². The van der Waals surface area contributed by atoms with Gasteiger partial charge in [-0.25, -0.2) is 4.79 Å². The van der Waals surface area contributed by atoms with Crippen LogP contribution in [0.15, 0.2) is 24.3 Å². The second-order valence-electron chi connectivity index (χ2n) is 2.61. The molecule has 13 heavy (non-hydrogen) atoms. The maximum Gasteiger partial charge on any atom is 0.335 e. The largest absolute Gasteiger partial charge is 0.478 e. The van der Waals surface area contributed by atoms with E-state index in [1.54, 1.807) is 18.2 Å². The van der Waals surface area contributed by atoms with E-state index in [0.717, 1.165) is 0 Å². The van der Waals surface area contributed by atoms with Crippen molar-refractivity contribution in [2.24, 2.45) is 5.73 Å². The maximum atomic E-state index is 10.7. The summed E-state index contributed by atoms with van der Waals surface area (Å²) in [4.78, 5) is 21.2. The highest BCUT2D eigenvalue weighted by Crippen LogP contribution is 2.08. The van der Waals surface area contributed by atoms with Crippen LogP contribution < -0.4 is 5.73 Å². The Hall–Kier alpha value is -1.84. The zero-order valence-corrected chi connectivity index (χ0v) is 6.86. The molecule has 1 aromatic rings. The number of hydrogen-bond donors (Lipinski definition) is 2. The first kappa shape index (κ1) is 9.25. The van der Waals surface area contributed by atoms with Crippen LogP contribution in [0.5, 0.6) is 0 Å². The van der Waals surface area contributed by atoms with E-state index in [1.807, 2.05) is 0 Å². The lowest BCUT2D eigenvalue weighted by molar-refractivity contribution is -0.117. The Morgan fingerprint density at radius 2 is 1.92 bits per heavy atom. The number of hydrogen-bond acceptors (Lipinski definition) is 2. The fourth-order valence-corrected chi connectivity index (χ4v) is 1.07. The summed E-state index contributed by atoms with van der Waals surface area (Å²) in [5.74, 6) is -1.58. The third kappa shape index (κ3) is 2.30. The zero-order chi connectivity index (χ0) is 9.84. The van der Waals surface area contributed by atoms with Crippen LogP contribution in [-0.4, -0.2) is 17.0 Å². The van der Waals surface area contributed by atoms with Crippen LogP contribution in [0.1, 0.15) is 15.9 Å². The number of benzene rings is 1. The predicted octanol–water partition coefficient (Wildman–Crippen LogP) is 0.413. The minimum absolute atomic E-state index is 0.0392. The van der Waals surface area contributed by atoms with E-state index in [2.05, 4.69) is 0 Å². The summed E-state index contributed by atoms with van der Waals surface area (Å²) in [6.07, 6.45) is -0.0392. The zero-order valence-electron chi connectivity index (χ0n) is 6.86. The van der Waals surface area contributed by atoms with Gasteiger partial charge in [-0.2, -0.15) is 0 Å². The number of rotatable bonds is 3. The predicted molar refractivity (Wildman–Crippen MR) is 46.3 cm³/mol. The van der Waals surface area contributed by atoms with Crippen molar-refractivity contribution < 1.29 is 14.7 Å². The van der Waals surface area contributed by atoms with E-state index in [-0.39, 0.29) is 12.0 Å². The maximum absolute atomic E-state index is 10.7. The SMILES string of the molecule is NC(=O)Cc1ccccc1C(=O)O. The summed E-state index contributed by atoms with van der Waals surface area (Å²) < 4.78 is 0. The molecule has 68 valence electrons. The van der Waals surface area contributed by atoms with E-state index in [9.17, 15) is 9.59 Å². The molecule has 0 aromatic heterocycles. The molecule has 0 fully saturated rings. The summed E-state index contributed by atoms with van der Waals surface area (Å²) in [7, 11) is 0. The second-order valence-corrected chi connectivity index (χ2v) is 2.61. The number of carbonyl (C=O) groups is 2. The van der Waals surface area contributed by atoms with Gasteiger partial charge in [0.15, 0.2) is 0 Å². The minimum Gasteiger partial charge on any atom is -0.478 e. The third-order valence-corrected chi connectivity index (χ3v) is 1.61. The average Bonchev–Trinajstić information content (AvgIpc) is 2.03. The molecule has 0 radical (unpaired) electrons. The van der Waals surface area contributed by atoms with Crippen molar-refractivity contribution in [2.45, 2.75) is 6.42 Å². The lowest BCUT2D eigenvalue weighted by atomic mass is 10.0. The molecule has 0 atom stereocenters. The molecule has 1 rings (SSSR count). The molecule has 0 aliphatic heterocycles. The first-order chi connectivity index (χ1) is 6.11. The molecule has 0 spiro atoms. The van der Waals surface area contributed by atoms with Crippen LogP contribution in [-0.2, 0) is 11.2 Å². The number of nitrogens with two attached hydrogens (primary N) is 1. The molecule has 4 nitrogen and oxygen atoms in total. The number of primary amides is 1. The quantitative estimate of drug-likeness (QED) is 0.705. The summed E-state index contributed by atoms with van der Waals surface area (Å²) in [5.41, 5.74) is 5.53. The summed E-state index contributed by atoms with van der Waals surface area (Å²) in [6, 6.07) is 6.30. The standard InChI is InChI=1S/C9H9NO3/c10-8(11)5-6-3-1-2-4-7(6)9(12)13/h1-4H,5H2,(H2,10,11)(H,12,13). The Morgan fingerprint density at radius 3 is 2.46 bits per heavy atom. The van der Waals surface area contributed by atoms with Crippen molar-refractivity contribution in [2.75, 3.05) is 0 Å². The third-order valence-electron chi connectivity index (χ3n) is 1.61. The van der Waals surface area contributed by atoms with E-state index < -0.39 is 11.9 Å². The summed E-state index contributed by atoms with van der Waals surface area (Å²) in [6.45, 7) is 0. The van der Waals surface area contributed by atoms with Gasteiger partial charge in [0.2, 0.25) is 5.91 Å². The summed E-state index contributed by atoms with van der Waals surface area (Å²) in [5, 5.41) is 8.73. The Labute approximate surface area is 75.0 Å². The molecule has 0 heterocycles. The molecule has 0 aliphatic rings. The fraction of sp³-hybridized carbons (Fsp3) is 0.111. The molecule has 0 aliphatic carbocycles. The molecule has 3 N–H and O–H groups in total. The number of carboxylic acid groups (broad SMARTS) is 1. The topological polar surface area (TPSA) is 80.4 Å². The molecular weight excluding hydrogens is 170 g/mol. The lowest BCUT2D eigenvalue weighted by Gasteiger charge is -2.01. The Morgan fingerprint density at radius 1 is 1.31 bits per heavy atom. The van der Waals surface area contributed by atoms with E-state index in [0.29, 0.717) is 5.56 Å². The number of carboxylic acids is 1. The first-order valence-electron chi connectivity index (χ1n) is 3.70.